The van der Waals surface area contributed by atoms with Crippen LogP contribution < -0.4 is 10.7 Å². The van der Waals surface area contributed by atoms with Crippen LogP contribution in [0.3, 0.4) is 0 Å². The van der Waals surface area contributed by atoms with Gasteiger partial charge in [0.15, 0.2) is 5.58 Å². The highest BCUT2D eigenvalue weighted by Gasteiger charge is 2.20. The fourth-order valence-electron chi connectivity index (χ4n) is 3.85. The van der Waals surface area contributed by atoms with E-state index in [0.717, 1.165) is 16.8 Å². The van der Waals surface area contributed by atoms with E-state index in [0.29, 0.717) is 42.8 Å². The topological polar surface area (TPSA) is 52.5 Å². The van der Waals surface area contributed by atoms with Crippen molar-refractivity contribution in [2.24, 2.45) is 0 Å². The fraction of sp³-hybridized carbons (Fsp3) is 0.208. The second kappa shape index (κ2) is 7.60. The molecule has 1 fully saturated rings. The van der Waals surface area contributed by atoms with Crippen LogP contribution in [0.1, 0.15) is 8.30 Å². The lowest BCUT2D eigenvalue weighted by Gasteiger charge is -2.36. The van der Waals surface area contributed by atoms with Crippen molar-refractivity contribution in [1.82, 2.24) is 9.88 Å². The molecule has 1 saturated heterocycles. The third-order valence-electron chi connectivity index (χ3n) is 5.30. The maximum absolute atomic E-state index is 11.6. The molecule has 1 aromatic heterocycles. The quantitative estimate of drug-likeness (QED) is 0.573. The summed E-state index contributed by atoms with van der Waals surface area (Å²) in [4.78, 5) is 18.3. The number of H-pyrrole nitrogens is 1. The second-order valence-electron chi connectivity index (χ2n) is 7.20. The maximum atomic E-state index is 11.6. The molecule has 0 bridgehead atoms. The molecule has 0 radical (unpaired) electrons. The number of hydrogen-bond acceptors (Lipinski definition) is 4. The third-order valence-corrected chi connectivity index (χ3v) is 5.30. The standard InChI is InChI=1S/C24H23N3O2/c28-24-25-21-10-5-11-22(23(21)29-24)27-14-12-26(13-15-27)17-18-6-4-9-20(16-18)19-7-2-1-3-8-19/h1-11,16H,12-15,17H2,(H,25,28)/i17D2. The predicted molar refractivity (Wildman–Crippen MR) is 116 cm³/mol. The molecule has 4 aromatic rings. The van der Waals surface area contributed by atoms with Gasteiger partial charge >= 0.3 is 5.76 Å². The van der Waals surface area contributed by atoms with Crippen LogP contribution in [0.2, 0.25) is 0 Å². The Bertz CT molecular complexity index is 1260. The number of oxazole rings is 1. The molecule has 0 unspecified atom stereocenters. The van der Waals surface area contributed by atoms with Crippen molar-refractivity contribution < 1.29 is 7.16 Å². The van der Waals surface area contributed by atoms with Crippen molar-refractivity contribution in [3.63, 3.8) is 0 Å². The Morgan fingerprint density at radius 2 is 1.66 bits per heavy atom. The van der Waals surface area contributed by atoms with Gasteiger partial charge < -0.3 is 9.32 Å². The first-order valence-corrected chi connectivity index (χ1v) is 9.80. The van der Waals surface area contributed by atoms with Gasteiger partial charge in [-0.2, -0.15) is 0 Å². The summed E-state index contributed by atoms with van der Waals surface area (Å²) in [6.07, 6.45) is 0. The molecule has 0 spiro atoms. The highest BCUT2D eigenvalue weighted by atomic mass is 16.4. The van der Waals surface area contributed by atoms with Gasteiger partial charge in [0, 0.05) is 35.4 Å². The molecule has 0 atom stereocenters. The summed E-state index contributed by atoms with van der Waals surface area (Å²) in [5.74, 6) is -0.462. The first kappa shape index (κ1) is 15.6. The van der Waals surface area contributed by atoms with E-state index < -0.39 is 12.3 Å². The fourth-order valence-corrected chi connectivity index (χ4v) is 3.85. The number of hydrogen-bond donors (Lipinski definition) is 1. The summed E-state index contributed by atoms with van der Waals surface area (Å²) >= 11 is 0. The van der Waals surface area contributed by atoms with Gasteiger partial charge in [-0.05, 0) is 34.9 Å². The van der Waals surface area contributed by atoms with E-state index in [1.165, 1.54) is 0 Å². The van der Waals surface area contributed by atoms with Gasteiger partial charge in [-0.25, -0.2) is 4.79 Å². The lowest BCUT2D eigenvalue weighted by molar-refractivity contribution is 0.250. The summed E-state index contributed by atoms with van der Waals surface area (Å²) < 4.78 is 23.0. The molecule has 29 heavy (non-hydrogen) atoms. The van der Waals surface area contributed by atoms with Crippen molar-refractivity contribution in [3.05, 3.63) is 88.9 Å². The summed E-state index contributed by atoms with van der Waals surface area (Å²) in [6, 6.07) is 23.4. The van der Waals surface area contributed by atoms with Crippen molar-refractivity contribution in [2.45, 2.75) is 6.50 Å². The highest BCUT2D eigenvalue weighted by molar-refractivity contribution is 5.86. The van der Waals surface area contributed by atoms with Crippen molar-refractivity contribution >= 4 is 16.8 Å². The summed E-state index contributed by atoms with van der Waals surface area (Å²) in [5, 5.41) is 0. The number of piperazine rings is 1. The van der Waals surface area contributed by atoms with E-state index in [1.807, 2.05) is 77.7 Å². The molecular weight excluding hydrogens is 362 g/mol. The first-order chi connectivity index (χ1) is 15.0. The molecule has 1 aliphatic heterocycles. The normalized spacial score (nSPS) is 16.6. The minimum Gasteiger partial charge on any atom is -0.406 e. The van der Waals surface area contributed by atoms with Crippen LogP contribution in [0.15, 0.2) is 82.0 Å². The Labute approximate surface area is 172 Å². The maximum Gasteiger partial charge on any atom is 0.417 e. The van der Waals surface area contributed by atoms with E-state index in [4.69, 9.17) is 7.16 Å². The molecule has 146 valence electrons. The average Bonchev–Trinajstić information content (AvgIpc) is 3.20. The molecule has 3 aromatic carbocycles. The Morgan fingerprint density at radius 3 is 2.48 bits per heavy atom. The number of fused-ring (bicyclic) bond motifs is 1. The molecule has 1 aliphatic rings. The van der Waals surface area contributed by atoms with Crippen LogP contribution in [-0.4, -0.2) is 36.1 Å². The van der Waals surface area contributed by atoms with Gasteiger partial charge in [0.1, 0.15) is 0 Å². The van der Waals surface area contributed by atoms with Gasteiger partial charge in [0.05, 0.1) is 11.2 Å². The Kier molecular flexibility index (Phi) is 4.09. The monoisotopic (exact) mass is 387 g/mol. The van der Waals surface area contributed by atoms with Gasteiger partial charge in [-0.1, -0.05) is 54.6 Å². The molecular formula is C24H23N3O2. The number of rotatable bonds is 4. The average molecular weight is 387 g/mol. The zero-order chi connectivity index (χ0) is 21.4. The number of aromatic nitrogens is 1. The van der Waals surface area contributed by atoms with Crippen LogP contribution in [0.4, 0.5) is 5.69 Å². The van der Waals surface area contributed by atoms with Gasteiger partial charge in [0.25, 0.3) is 0 Å². The number of aromatic amines is 1. The smallest absolute Gasteiger partial charge is 0.406 e. The molecule has 5 heteroatoms. The molecule has 1 N–H and O–H groups in total. The van der Waals surface area contributed by atoms with Crippen LogP contribution >= 0.6 is 0 Å². The van der Waals surface area contributed by atoms with E-state index in [1.54, 1.807) is 0 Å². The molecule has 0 amide bonds. The third kappa shape index (κ3) is 3.69. The van der Waals surface area contributed by atoms with E-state index in [-0.39, 0.29) is 0 Å². The van der Waals surface area contributed by atoms with Crippen molar-refractivity contribution in [2.75, 3.05) is 31.1 Å². The SMILES string of the molecule is [2H]C([2H])(c1cccc(-c2ccccc2)c1)N1CCN(c2cccc3[nH]c(=O)oc23)CC1. The van der Waals surface area contributed by atoms with Crippen LogP contribution in [0.5, 0.6) is 0 Å². The molecule has 0 saturated carbocycles. The lowest BCUT2D eigenvalue weighted by Crippen LogP contribution is -2.46. The van der Waals surface area contributed by atoms with E-state index in [2.05, 4.69) is 9.88 Å². The number of nitrogens with zero attached hydrogens (tertiary/aromatic N) is 2. The largest absolute Gasteiger partial charge is 0.417 e. The Morgan fingerprint density at radius 1 is 0.897 bits per heavy atom. The zero-order valence-corrected chi connectivity index (χ0v) is 16.0. The molecule has 2 heterocycles. The number of anilines is 1. The minimum absolute atomic E-state index is 0.462. The Balaban J connectivity index is 1.36. The summed E-state index contributed by atoms with van der Waals surface area (Å²) in [7, 11) is 0. The number of nitrogens with one attached hydrogen (secondary N) is 1. The van der Waals surface area contributed by atoms with Gasteiger partial charge in [0.2, 0.25) is 0 Å². The number of para-hydroxylation sites is 1. The predicted octanol–water partition coefficient (Wildman–Crippen LogP) is 4.11. The van der Waals surface area contributed by atoms with Crippen molar-refractivity contribution in [3.8, 4) is 11.1 Å². The van der Waals surface area contributed by atoms with E-state index in [9.17, 15) is 4.79 Å². The zero-order valence-electron chi connectivity index (χ0n) is 18.0. The Hall–Kier alpha value is -3.31. The lowest BCUT2D eigenvalue weighted by atomic mass is 10.0. The van der Waals surface area contributed by atoms with Gasteiger partial charge in [-0.15, -0.1) is 0 Å². The molecule has 5 nitrogen and oxygen atoms in total. The van der Waals surface area contributed by atoms with Crippen LogP contribution in [0.25, 0.3) is 22.2 Å². The van der Waals surface area contributed by atoms with Crippen LogP contribution in [-0.2, 0) is 6.50 Å². The van der Waals surface area contributed by atoms with Crippen molar-refractivity contribution in [1.29, 1.82) is 0 Å². The van der Waals surface area contributed by atoms with Gasteiger partial charge in [-0.3, -0.25) is 9.88 Å². The number of benzene rings is 3. The van der Waals surface area contributed by atoms with E-state index >= 15 is 0 Å². The van der Waals surface area contributed by atoms with Crippen LogP contribution in [0, 0.1) is 0 Å². The highest BCUT2D eigenvalue weighted by Crippen LogP contribution is 2.26. The molecule has 5 rings (SSSR count). The summed E-state index contributed by atoms with van der Waals surface area (Å²) in [5.41, 5.74) is 4.83. The summed E-state index contributed by atoms with van der Waals surface area (Å²) in [6.45, 7) is 0.836. The minimum atomic E-state index is -1.58. The molecule has 0 aliphatic carbocycles. The first-order valence-electron chi connectivity index (χ1n) is 10.8. The second-order valence-corrected chi connectivity index (χ2v) is 7.20.